The molecule has 0 saturated carbocycles. The molecular formula is C13H28N2. The third-order valence-corrected chi connectivity index (χ3v) is 3.95. The highest BCUT2D eigenvalue weighted by Crippen LogP contribution is 2.39. The highest BCUT2D eigenvalue weighted by molar-refractivity contribution is 4.97. The van der Waals surface area contributed by atoms with Crippen LogP contribution in [-0.4, -0.2) is 29.1 Å². The van der Waals surface area contributed by atoms with Crippen LogP contribution in [0, 0.1) is 5.92 Å². The van der Waals surface area contributed by atoms with Gasteiger partial charge in [0.25, 0.3) is 0 Å². The second-order valence-corrected chi connectivity index (χ2v) is 6.39. The zero-order valence-electron chi connectivity index (χ0n) is 11.1. The van der Waals surface area contributed by atoms with Crippen LogP contribution in [0.3, 0.4) is 0 Å². The molecule has 0 aromatic heterocycles. The van der Waals surface area contributed by atoms with E-state index in [1.165, 1.54) is 25.8 Å². The van der Waals surface area contributed by atoms with Crippen molar-refractivity contribution in [2.45, 2.75) is 65.0 Å². The van der Waals surface area contributed by atoms with Gasteiger partial charge in [0.05, 0.1) is 0 Å². The van der Waals surface area contributed by atoms with E-state index in [4.69, 9.17) is 5.73 Å². The minimum Gasteiger partial charge on any atom is -0.330 e. The van der Waals surface area contributed by atoms with Crippen molar-refractivity contribution in [2.24, 2.45) is 11.7 Å². The summed E-state index contributed by atoms with van der Waals surface area (Å²) in [7, 11) is 0. The standard InChI is InChI=1S/C13H28N2/c1-12(2,3)15-10-6-7-11(8-9-14)13(15,4)5/h11H,6-10,14H2,1-5H3. The van der Waals surface area contributed by atoms with E-state index in [0.29, 0.717) is 5.54 Å². The van der Waals surface area contributed by atoms with Gasteiger partial charge in [-0.3, -0.25) is 4.90 Å². The van der Waals surface area contributed by atoms with Crippen molar-refractivity contribution >= 4 is 0 Å². The molecule has 0 aromatic rings. The molecule has 1 atom stereocenters. The Morgan fingerprint density at radius 1 is 1.33 bits per heavy atom. The monoisotopic (exact) mass is 212 g/mol. The maximum absolute atomic E-state index is 5.72. The van der Waals surface area contributed by atoms with E-state index in [0.717, 1.165) is 12.5 Å². The van der Waals surface area contributed by atoms with Crippen molar-refractivity contribution in [2.75, 3.05) is 13.1 Å². The molecule has 15 heavy (non-hydrogen) atoms. The highest BCUT2D eigenvalue weighted by atomic mass is 15.3. The van der Waals surface area contributed by atoms with Gasteiger partial charge in [-0.05, 0) is 72.9 Å². The zero-order valence-corrected chi connectivity index (χ0v) is 11.1. The van der Waals surface area contributed by atoms with Gasteiger partial charge in [0.1, 0.15) is 0 Å². The van der Waals surface area contributed by atoms with E-state index in [9.17, 15) is 0 Å². The van der Waals surface area contributed by atoms with Gasteiger partial charge in [-0.2, -0.15) is 0 Å². The smallest absolute Gasteiger partial charge is 0.0187 e. The van der Waals surface area contributed by atoms with Crippen LogP contribution in [0.25, 0.3) is 0 Å². The van der Waals surface area contributed by atoms with Crippen LogP contribution in [0.4, 0.5) is 0 Å². The fourth-order valence-corrected chi connectivity index (χ4v) is 3.26. The van der Waals surface area contributed by atoms with Crippen LogP contribution in [0.1, 0.15) is 53.9 Å². The van der Waals surface area contributed by atoms with Gasteiger partial charge in [0.2, 0.25) is 0 Å². The molecule has 2 N–H and O–H groups in total. The predicted octanol–water partition coefficient (Wildman–Crippen LogP) is 2.62. The van der Waals surface area contributed by atoms with Crippen molar-refractivity contribution in [3.63, 3.8) is 0 Å². The summed E-state index contributed by atoms with van der Waals surface area (Å²) in [6.45, 7) is 13.8. The van der Waals surface area contributed by atoms with E-state index in [1.54, 1.807) is 0 Å². The summed E-state index contributed by atoms with van der Waals surface area (Å²) >= 11 is 0. The molecule has 2 nitrogen and oxygen atoms in total. The van der Waals surface area contributed by atoms with Crippen LogP contribution in [0.5, 0.6) is 0 Å². The maximum atomic E-state index is 5.72. The first-order valence-corrected chi connectivity index (χ1v) is 6.28. The van der Waals surface area contributed by atoms with Crippen molar-refractivity contribution < 1.29 is 0 Å². The van der Waals surface area contributed by atoms with Gasteiger partial charge in [-0.1, -0.05) is 0 Å². The summed E-state index contributed by atoms with van der Waals surface area (Å²) in [4.78, 5) is 2.66. The third-order valence-electron chi connectivity index (χ3n) is 3.95. The molecule has 1 rings (SSSR count). The summed E-state index contributed by atoms with van der Waals surface area (Å²) in [5, 5.41) is 0. The molecule has 1 saturated heterocycles. The summed E-state index contributed by atoms with van der Waals surface area (Å²) in [5.41, 5.74) is 6.29. The maximum Gasteiger partial charge on any atom is 0.0187 e. The van der Waals surface area contributed by atoms with E-state index in [1.807, 2.05) is 0 Å². The average Bonchev–Trinajstić information content (AvgIpc) is 2.06. The van der Waals surface area contributed by atoms with Gasteiger partial charge in [-0.25, -0.2) is 0 Å². The lowest BCUT2D eigenvalue weighted by atomic mass is 9.75. The molecule has 1 unspecified atom stereocenters. The predicted molar refractivity (Wildman–Crippen MR) is 66.9 cm³/mol. The van der Waals surface area contributed by atoms with E-state index < -0.39 is 0 Å². The molecular weight excluding hydrogens is 184 g/mol. The Labute approximate surface area is 95.2 Å². The Morgan fingerprint density at radius 2 is 1.93 bits per heavy atom. The van der Waals surface area contributed by atoms with Crippen LogP contribution < -0.4 is 5.73 Å². The van der Waals surface area contributed by atoms with Crippen molar-refractivity contribution in [1.82, 2.24) is 4.90 Å². The fraction of sp³-hybridized carbons (Fsp3) is 1.00. The number of hydrogen-bond acceptors (Lipinski definition) is 2. The average molecular weight is 212 g/mol. The number of hydrogen-bond donors (Lipinski definition) is 1. The molecule has 0 aliphatic carbocycles. The van der Waals surface area contributed by atoms with Crippen molar-refractivity contribution in [3.05, 3.63) is 0 Å². The van der Waals surface area contributed by atoms with E-state index >= 15 is 0 Å². The molecule has 0 bridgehead atoms. The SMILES string of the molecule is CC(C)(C)N1CCCC(CCN)C1(C)C. The van der Waals surface area contributed by atoms with Crippen LogP contribution in [-0.2, 0) is 0 Å². The van der Waals surface area contributed by atoms with Gasteiger partial charge in [-0.15, -0.1) is 0 Å². The fourth-order valence-electron chi connectivity index (χ4n) is 3.26. The number of nitrogens with zero attached hydrogens (tertiary/aromatic N) is 1. The largest absolute Gasteiger partial charge is 0.330 e. The Hall–Kier alpha value is -0.0800. The van der Waals surface area contributed by atoms with Gasteiger partial charge in [0.15, 0.2) is 0 Å². The van der Waals surface area contributed by atoms with E-state index in [-0.39, 0.29) is 5.54 Å². The summed E-state index contributed by atoms with van der Waals surface area (Å²) in [6, 6.07) is 0. The van der Waals surface area contributed by atoms with Gasteiger partial charge in [0, 0.05) is 11.1 Å². The molecule has 0 amide bonds. The lowest BCUT2D eigenvalue weighted by molar-refractivity contribution is -0.0434. The zero-order chi connectivity index (χ0) is 11.7. The Kier molecular flexibility index (Phi) is 3.83. The number of likely N-dealkylation sites (tertiary alicyclic amines) is 1. The van der Waals surface area contributed by atoms with Crippen molar-refractivity contribution in [3.8, 4) is 0 Å². The summed E-state index contributed by atoms with van der Waals surface area (Å²) < 4.78 is 0. The first-order valence-electron chi connectivity index (χ1n) is 6.28. The molecule has 90 valence electrons. The molecule has 0 aromatic carbocycles. The number of piperidine rings is 1. The number of rotatable bonds is 2. The Balaban J connectivity index is 2.82. The Bertz CT molecular complexity index is 201. The molecule has 1 aliphatic rings. The summed E-state index contributed by atoms with van der Waals surface area (Å²) in [6.07, 6.45) is 3.84. The van der Waals surface area contributed by atoms with Crippen LogP contribution in [0.15, 0.2) is 0 Å². The van der Waals surface area contributed by atoms with Crippen LogP contribution >= 0.6 is 0 Å². The molecule has 0 radical (unpaired) electrons. The molecule has 1 heterocycles. The van der Waals surface area contributed by atoms with E-state index in [2.05, 4.69) is 39.5 Å². The highest BCUT2D eigenvalue weighted by Gasteiger charge is 2.42. The van der Waals surface area contributed by atoms with Crippen molar-refractivity contribution in [1.29, 1.82) is 0 Å². The molecule has 1 aliphatic heterocycles. The topological polar surface area (TPSA) is 29.3 Å². The first-order chi connectivity index (χ1) is 6.80. The second-order valence-electron chi connectivity index (χ2n) is 6.39. The minimum absolute atomic E-state index is 0.275. The quantitative estimate of drug-likeness (QED) is 0.762. The normalized spacial score (nSPS) is 28.0. The molecule has 1 fully saturated rings. The van der Waals surface area contributed by atoms with Crippen LogP contribution in [0.2, 0.25) is 0 Å². The minimum atomic E-state index is 0.275. The second kappa shape index (κ2) is 4.42. The first kappa shape index (κ1) is 13.0. The summed E-state index contributed by atoms with van der Waals surface area (Å²) in [5.74, 6) is 0.760. The van der Waals surface area contributed by atoms with Gasteiger partial charge < -0.3 is 5.73 Å². The Morgan fingerprint density at radius 3 is 2.40 bits per heavy atom. The van der Waals surface area contributed by atoms with Gasteiger partial charge >= 0.3 is 0 Å². The molecule has 0 spiro atoms. The third kappa shape index (κ3) is 2.73. The number of nitrogens with two attached hydrogens (primary N) is 1. The lowest BCUT2D eigenvalue weighted by Crippen LogP contribution is -2.60. The molecule has 2 heteroatoms. The lowest BCUT2D eigenvalue weighted by Gasteiger charge is -2.54.